The Labute approximate surface area is 166 Å². The summed E-state index contributed by atoms with van der Waals surface area (Å²) in [6.07, 6.45) is 4.46. The van der Waals surface area contributed by atoms with E-state index in [2.05, 4.69) is 25.0 Å². The molecule has 3 aromatic rings. The van der Waals surface area contributed by atoms with Gasteiger partial charge in [-0.25, -0.2) is 33.2 Å². The number of rotatable bonds is 4. The van der Waals surface area contributed by atoms with Crippen LogP contribution in [0.4, 0.5) is 5.82 Å². The van der Waals surface area contributed by atoms with E-state index in [4.69, 9.17) is 5.14 Å². The number of amides is 1. The van der Waals surface area contributed by atoms with Gasteiger partial charge in [0.25, 0.3) is 5.91 Å². The molecule has 1 aromatic carbocycles. The number of piperazine rings is 1. The fourth-order valence-corrected chi connectivity index (χ4v) is 3.59. The second-order valence-electron chi connectivity index (χ2n) is 6.42. The number of benzene rings is 1. The molecule has 0 spiro atoms. The highest BCUT2D eigenvalue weighted by Gasteiger charge is 2.23. The zero-order valence-corrected chi connectivity index (χ0v) is 16.1. The first kappa shape index (κ1) is 19.0. The van der Waals surface area contributed by atoms with Gasteiger partial charge >= 0.3 is 0 Å². The molecule has 1 aliphatic heterocycles. The molecule has 150 valence electrons. The lowest BCUT2D eigenvalue weighted by Crippen LogP contribution is -2.49. The lowest BCUT2D eigenvalue weighted by Gasteiger charge is -2.35. The van der Waals surface area contributed by atoms with Crippen LogP contribution in [0.15, 0.2) is 54.2 Å². The summed E-state index contributed by atoms with van der Waals surface area (Å²) in [7, 11) is -3.78. The van der Waals surface area contributed by atoms with Gasteiger partial charge in [-0.15, -0.1) is 0 Å². The maximum Gasteiger partial charge on any atom is 0.253 e. The molecule has 2 aromatic heterocycles. The van der Waals surface area contributed by atoms with Crippen molar-refractivity contribution in [1.82, 2.24) is 29.6 Å². The average Bonchev–Trinajstić information content (AvgIpc) is 3.28. The van der Waals surface area contributed by atoms with E-state index in [9.17, 15) is 13.2 Å². The van der Waals surface area contributed by atoms with Crippen molar-refractivity contribution in [2.24, 2.45) is 5.14 Å². The van der Waals surface area contributed by atoms with Crippen LogP contribution < -0.4 is 10.0 Å². The SMILES string of the molecule is NS(=O)(=O)c1ccc(C(=O)N2CCN(c3cc(-n4cncn4)ncn3)CC2)cc1. The topological polar surface area (TPSA) is 140 Å². The monoisotopic (exact) mass is 414 g/mol. The zero-order chi connectivity index (χ0) is 20.4. The van der Waals surface area contributed by atoms with Crippen LogP contribution in [-0.2, 0) is 10.0 Å². The highest BCUT2D eigenvalue weighted by molar-refractivity contribution is 7.89. The molecule has 29 heavy (non-hydrogen) atoms. The van der Waals surface area contributed by atoms with E-state index in [1.165, 1.54) is 36.9 Å². The van der Waals surface area contributed by atoms with Crippen LogP contribution in [0.1, 0.15) is 10.4 Å². The lowest BCUT2D eigenvalue weighted by molar-refractivity contribution is 0.0746. The molecule has 0 unspecified atom stereocenters. The van der Waals surface area contributed by atoms with Gasteiger partial charge in [-0.1, -0.05) is 0 Å². The van der Waals surface area contributed by atoms with Gasteiger partial charge in [0, 0.05) is 37.8 Å². The molecule has 3 heterocycles. The van der Waals surface area contributed by atoms with Gasteiger partial charge < -0.3 is 9.80 Å². The Bertz CT molecular complexity index is 1110. The molecular formula is C17H18N8O3S. The normalized spacial score (nSPS) is 14.8. The fraction of sp³-hybridized carbons (Fsp3) is 0.235. The van der Waals surface area contributed by atoms with Gasteiger partial charge in [0.2, 0.25) is 10.0 Å². The van der Waals surface area contributed by atoms with Gasteiger partial charge in [-0.05, 0) is 24.3 Å². The maximum absolute atomic E-state index is 12.7. The van der Waals surface area contributed by atoms with Crippen LogP contribution in [0.25, 0.3) is 5.82 Å². The molecule has 0 radical (unpaired) electrons. The Morgan fingerprint density at radius 1 is 0.966 bits per heavy atom. The number of aromatic nitrogens is 5. The van der Waals surface area contributed by atoms with Gasteiger partial charge in [0.1, 0.15) is 24.8 Å². The lowest BCUT2D eigenvalue weighted by atomic mass is 10.2. The van der Waals surface area contributed by atoms with E-state index in [1.54, 1.807) is 15.9 Å². The molecular weight excluding hydrogens is 396 g/mol. The highest BCUT2D eigenvalue weighted by Crippen LogP contribution is 2.17. The van der Waals surface area contributed by atoms with E-state index < -0.39 is 10.0 Å². The Balaban J connectivity index is 1.42. The minimum atomic E-state index is -3.78. The van der Waals surface area contributed by atoms with Crippen molar-refractivity contribution in [3.05, 3.63) is 54.9 Å². The Hall–Kier alpha value is -3.38. The molecule has 1 aliphatic rings. The molecule has 0 aliphatic carbocycles. The minimum absolute atomic E-state index is 0.0224. The largest absolute Gasteiger partial charge is 0.353 e. The van der Waals surface area contributed by atoms with E-state index in [0.717, 1.165) is 5.82 Å². The first-order chi connectivity index (χ1) is 13.9. The number of sulfonamides is 1. The summed E-state index contributed by atoms with van der Waals surface area (Å²) in [4.78, 5) is 28.9. The van der Waals surface area contributed by atoms with E-state index >= 15 is 0 Å². The summed E-state index contributed by atoms with van der Waals surface area (Å²) in [5.41, 5.74) is 0.418. The molecule has 1 fully saturated rings. The summed E-state index contributed by atoms with van der Waals surface area (Å²) in [5, 5.41) is 9.15. The van der Waals surface area contributed by atoms with Gasteiger partial charge in [-0.3, -0.25) is 4.79 Å². The molecule has 0 bridgehead atoms. The number of primary sulfonamides is 1. The van der Waals surface area contributed by atoms with Crippen molar-refractivity contribution in [3.63, 3.8) is 0 Å². The van der Waals surface area contributed by atoms with Crippen molar-refractivity contribution in [2.45, 2.75) is 4.90 Å². The third-order valence-electron chi connectivity index (χ3n) is 4.61. The van der Waals surface area contributed by atoms with Gasteiger partial charge in [-0.2, -0.15) is 5.10 Å². The summed E-state index contributed by atoms with van der Waals surface area (Å²) >= 11 is 0. The number of anilines is 1. The van der Waals surface area contributed by atoms with Crippen molar-refractivity contribution in [2.75, 3.05) is 31.1 Å². The number of hydrogen-bond donors (Lipinski definition) is 1. The molecule has 2 N–H and O–H groups in total. The highest BCUT2D eigenvalue weighted by atomic mass is 32.2. The van der Waals surface area contributed by atoms with Crippen molar-refractivity contribution < 1.29 is 13.2 Å². The maximum atomic E-state index is 12.7. The van der Waals surface area contributed by atoms with Crippen LogP contribution in [0.5, 0.6) is 0 Å². The predicted molar refractivity (Wildman–Crippen MR) is 103 cm³/mol. The number of hydrogen-bond acceptors (Lipinski definition) is 8. The molecule has 4 rings (SSSR count). The first-order valence-electron chi connectivity index (χ1n) is 8.76. The Kier molecular flexibility index (Phi) is 4.94. The summed E-state index contributed by atoms with van der Waals surface area (Å²) in [6, 6.07) is 7.45. The molecule has 0 saturated carbocycles. The standard InChI is InChI=1S/C17H18N8O3S/c18-29(27,28)14-3-1-13(2-4-14)17(26)24-7-5-23(6-8-24)15-9-16(21-11-20-15)25-12-19-10-22-25/h1-4,9-12H,5-8H2,(H2,18,27,28). The van der Waals surface area contributed by atoms with Crippen LogP contribution in [-0.4, -0.2) is 70.1 Å². The first-order valence-corrected chi connectivity index (χ1v) is 10.3. The van der Waals surface area contributed by atoms with E-state index in [0.29, 0.717) is 37.6 Å². The third kappa shape index (κ3) is 4.07. The third-order valence-corrected chi connectivity index (χ3v) is 5.54. The molecule has 12 heteroatoms. The van der Waals surface area contributed by atoms with E-state index in [1.807, 2.05) is 6.07 Å². The van der Waals surface area contributed by atoms with Crippen LogP contribution in [0, 0.1) is 0 Å². The van der Waals surface area contributed by atoms with Crippen molar-refractivity contribution in [3.8, 4) is 5.82 Å². The van der Waals surface area contributed by atoms with Crippen molar-refractivity contribution >= 4 is 21.7 Å². The second-order valence-corrected chi connectivity index (χ2v) is 7.98. The molecule has 0 atom stereocenters. The predicted octanol–water partition coefficient (Wildman–Crippen LogP) is -0.333. The number of carbonyl (C=O) groups is 1. The smallest absolute Gasteiger partial charge is 0.253 e. The zero-order valence-electron chi connectivity index (χ0n) is 15.3. The number of carbonyl (C=O) groups excluding carboxylic acids is 1. The Morgan fingerprint density at radius 2 is 1.66 bits per heavy atom. The summed E-state index contributed by atoms with van der Waals surface area (Å²) in [5.74, 6) is 1.20. The minimum Gasteiger partial charge on any atom is -0.353 e. The average molecular weight is 414 g/mol. The molecule has 1 amide bonds. The summed E-state index contributed by atoms with van der Waals surface area (Å²) < 4.78 is 24.2. The fourth-order valence-electron chi connectivity index (χ4n) is 3.07. The second kappa shape index (κ2) is 7.56. The molecule has 1 saturated heterocycles. The van der Waals surface area contributed by atoms with Gasteiger partial charge in [0.15, 0.2) is 5.82 Å². The van der Waals surface area contributed by atoms with Crippen LogP contribution >= 0.6 is 0 Å². The molecule has 11 nitrogen and oxygen atoms in total. The summed E-state index contributed by atoms with van der Waals surface area (Å²) in [6.45, 7) is 2.24. The van der Waals surface area contributed by atoms with Crippen molar-refractivity contribution in [1.29, 1.82) is 0 Å². The number of nitrogens with zero attached hydrogens (tertiary/aromatic N) is 7. The van der Waals surface area contributed by atoms with Gasteiger partial charge in [0.05, 0.1) is 4.90 Å². The quantitative estimate of drug-likeness (QED) is 0.612. The number of nitrogens with two attached hydrogens (primary N) is 1. The van der Waals surface area contributed by atoms with Crippen LogP contribution in [0.2, 0.25) is 0 Å². The van der Waals surface area contributed by atoms with E-state index in [-0.39, 0.29) is 10.8 Å². The Morgan fingerprint density at radius 3 is 2.28 bits per heavy atom. The van der Waals surface area contributed by atoms with Crippen LogP contribution in [0.3, 0.4) is 0 Å².